The van der Waals surface area contributed by atoms with Gasteiger partial charge in [-0.05, 0) is 18.1 Å². The summed E-state index contributed by atoms with van der Waals surface area (Å²) in [6.07, 6.45) is 0.455. The lowest BCUT2D eigenvalue weighted by atomic mass is 9.87. The minimum Gasteiger partial charge on any atom is -0.340 e. The number of fused-ring (bicyclic) bond motifs is 1. The number of carbonyl (C=O) groups excluding carboxylic acids is 4. The highest BCUT2D eigenvalue weighted by Gasteiger charge is 2.50. The van der Waals surface area contributed by atoms with Gasteiger partial charge in [0.15, 0.2) is 0 Å². The van der Waals surface area contributed by atoms with E-state index in [0.717, 1.165) is 16.0 Å². The van der Waals surface area contributed by atoms with Crippen LogP contribution in [0.2, 0.25) is 0 Å². The number of hydrogen-bond donors (Lipinski definition) is 1. The van der Waals surface area contributed by atoms with Crippen molar-refractivity contribution in [2.45, 2.75) is 26.3 Å². The predicted octanol–water partition coefficient (Wildman–Crippen LogP) is 0.915. The maximum absolute atomic E-state index is 12.8. The number of aryl methyl sites for hydroxylation is 1. The van der Waals surface area contributed by atoms with Gasteiger partial charge in [0.1, 0.15) is 6.54 Å². The van der Waals surface area contributed by atoms with E-state index >= 15 is 0 Å². The second-order valence-corrected chi connectivity index (χ2v) is 8.06. The summed E-state index contributed by atoms with van der Waals surface area (Å²) in [5, 5.41) is 2.44. The number of likely N-dealkylation sites (tertiary alicyclic amines) is 2. The molecule has 5 amide bonds. The maximum atomic E-state index is 12.8. The number of carbonyl (C=O) groups is 4. The maximum Gasteiger partial charge on any atom is 0.325 e. The molecule has 3 fully saturated rings. The lowest BCUT2D eigenvalue weighted by Gasteiger charge is -2.31. The fourth-order valence-corrected chi connectivity index (χ4v) is 4.88. The number of imide groups is 1. The van der Waals surface area contributed by atoms with Crippen molar-refractivity contribution >= 4 is 23.8 Å². The van der Waals surface area contributed by atoms with Crippen LogP contribution in [0.5, 0.6) is 0 Å². The second-order valence-electron chi connectivity index (χ2n) is 8.06. The molecule has 3 aliphatic rings. The Hall–Kier alpha value is -2.90. The van der Waals surface area contributed by atoms with Gasteiger partial charge >= 0.3 is 6.03 Å². The van der Waals surface area contributed by atoms with E-state index in [1.165, 1.54) is 0 Å². The first kappa shape index (κ1) is 19.4. The Morgan fingerprint density at radius 1 is 1.10 bits per heavy atom. The number of nitrogens with one attached hydrogen (secondary N) is 1. The Labute approximate surface area is 169 Å². The van der Waals surface area contributed by atoms with Crippen LogP contribution in [0.15, 0.2) is 24.3 Å². The monoisotopic (exact) mass is 398 g/mol. The third-order valence-corrected chi connectivity index (χ3v) is 6.38. The van der Waals surface area contributed by atoms with Crippen molar-refractivity contribution < 1.29 is 19.2 Å². The quantitative estimate of drug-likeness (QED) is 0.764. The Morgan fingerprint density at radius 2 is 1.86 bits per heavy atom. The molecule has 3 heterocycles. The summed E-state index contributed by atoms with van der Waals surface area (Å²) >= 11 is 0. The van der Waals surface area contributed by atoms with Gasteiger partial charge in [0.05, 0.1) is 12.6 Å². The fourth-order valence-electron chi connectivity index (χ4n) is 4.88. The van der Waals surface area contributed by atoms with Crippen molar-refractivity contribution in [1.29, 1.82) is 0 Å². The third-order valence-electron chi connectivity index (χ3n) is 6.38. The number of benzene rings is 1. The molecule has 3 atom stereocenters. The molecule has 0 aliphatic carbocycles. The molecule has 1 N–H and O–H groups in total. The van der Waals surface area contributed by atoms with Gasteiger partial charge in [-0.3, -0.25) is 19.3 Å². The summed E-state index contributed by atoms with van der Waals surface area (Å²) in [6, 6.07) is 7.52. The van der Waals surface area contributed by atoms with Crippen molar-refractivity contribution in [3.8, 4) is 0 Å². The van der Waals surface area contributed by atoms with Gasteiger partial charge in [-0.25, -0.2) is 4.79 Å². The summed E-state index contributed by atoms with van der Waals surface area (Å²) in [5.74, 6) is -0.118. The van der Waals surface area contributed by atoms with E-state index in [-0.39, 0.29) is 48.7 Å². The van der Waals surface area contributed by atoms with Gasteiger partial charge in [-0.1, -0.05) is 31.2 Å². The first-order chi connectivity index (χ1) is 13.9. The van der Waals surface area contributed by atoms with Gasteiger partial charge in [0, 0.05) is 37.9 Å². The molecular formula is C21H26N4O4. The molecule has 1 aromatic rings. The highest BCUT2D eigenvalue weighted by atomic mass is 16.2. The van der Waals surface area contributed by atoms with Gasteiger partial charge < -0.3 is 15.1 Å². The summed E-state index contributed by atoms with van der Waals surface area (Å²) in [4.78, 5) is 53.6. The van der Waals surface area contributed by atoms with Gasteiger partial charge in [0.25, 0.3) is 5.91 Å². The van der Waals surface area contributed by atoms with Gasteiger partial charge in [0.2, 0.25) is 11.8 Å². The normalized spacial score (nSPS) is 26.1. The summed E-state index contributed by atoms with van der Waals surface area (Å²) in [6.45, 7) is 5.34. The number of amides is 5. The first-order valence-corrected chi connectivity index (χ1v) is 10.1. The van der Waals surface area contributed by atoms with Crippen molar-refractivity contribution in [1.82, 2.24) is 20.0 Å². The zero-order valence-electron chi connectivity index (χ0n) is 16.8. The summed E-state index contributed by atoms with van der Waals surface area (Å²) in [5.41, 5.74) is 2.27. The van der Waals surface area contributed by atoms with Gasteiger partial charge in [-0.15, -0.1) is 0 Å². The van der Waals surface area contributed by atoms with E-state index < -0.39 is 6.03 Å². The van der Waals surface area contributed by atoms with Crippen molar-refractivity contribution in [3.63, 3.8) is 0 Å². The predicted molar refractivity (Wildman–Crippen MR) is 105 cm³/mol. The Morgan fingerprint density at radius 3 is 2.52 bits per heavy atom. The molecule has 8 heteroatoms. The molecule has 0 radical (unpaired) electrons. The largest absolute Gasteiger partial charge is 0.340 e. The van der Waals surface area contributed by atoms with E-state index in [0.29, 0.717) is 26.1 Å². The third kappa shape index (κ3) is 3.36. The molecule has 8 nitrogen and oxygen atoms in total. The minimum absolute atomic E-state index is 0.0526. The van der Waals surface area contributed by atoms with E-state index in [4.69, 9.17) is 0 Å². The molecule has 4 rings (SSSR count). The molecule has 0 bridgehead atoms. The van der Waals surface area contributed by atoms with Crippen LogP contribution >= 0.6 is 0 Å². The lowest BCUT2D eigenvalue weighted by molar-refractivity contribution is -0.136. The number of hydrogen-bond acceptors (Lipinski definition) is 4. The average Bonchev–Trinajstić information content (AvgIpc) is 3.36. The number of urea groups is 1. The van der Waals surface area contributed by atoms with E-state index in [1.807, 2.05) is 36.9 Å². The molecule has 0 spiro atoms. The van der Waals surface area contributed by atoms with Crippen molar-refractivity contribution in [2.75, 3.05) is 32.7 Å². The van der Waals surface area contributed by atoms with E-state index in [1.54, 1.807) is 4.90 Å². The average molecular weight is 398 g/mol. The molecular weight excluding hydrogens is 372 g/mol. The Kier molecular flexibility index (Phi) is 5.02. The number of rotatable bonds is 4. The molecule has 154 valence electrons. The van der Waals surface area contributed by atoms with Crippen LogP contribution in [0.25, 0.3) is 0 Å². The Bertz CT molecular complexity index is 854. The topological polar surface area (TPSA) is 90.0 Å². The first-order valence-electron chi connectivity index (χ1n) is 10.1. The van der Waals surface area contributed by atoms with Crippen molar-refractivity contribution in [2.24, 2.45) is 11.8 Å². The van der Waals surface area contributed by atoms with Crippen LogP contribution < -0.4 is 5.32 Å². The zero-order chi connectivity index (χ0) is 20.7. The highest BCUT2D eigenvalue weighted by molar-refractivity contribution is 6.04. The molecule has 3 saturated heterocycles. The molecule has 0 aromatic heterocycles. The van der Waals surface area contributed by atoms with Crippen LogP contribution in [0.4, 0.5) is 4.79 Å². The number of nitrogens with zero attached hydrogens (tertiary/aromatic N) is 3. The molecule has 3 aliphatic heterocycles. The van der Waals surface area contributed by atoms with Crippen LogP contribution in [-0.2, 0) is 14.4 Å². The minimum atomic E-state index is -0.514. The SMILES string of the molecule is CCC(=O)N1C[C@@H]2CN(C(=O)CN3C(=O)CNC3=O)C[C@@H]2[C@H]1c1ccccc1C. The van der Waals surface area contributed by atoms with E-state index in [9.17, 15) is 19.2 Å². The summed E-state index contributed by atoms with van der Waals surface area (Å²) in [7, 11) is 0. The summed E-state index contributed by atoms with van der Waals surface area (Å²) < 4.78 is 0. The standard InChI is InChI=1S/C21H26N4O4/c1-3-17(26)24-10-14-9-23(19(28)12-25-18(27)8-22-21(25)29)11-16(14)20(24)15-7-5-4-6-13(15)2/h4-7,14,16,20H,3,8-12H2,1-2H3,(H,22,29)/t14-,16-,20+/m0/s1. The smallest absolute Gasteiger partial charge is 0.325 e. The molecule has 1 aromatic carbocycles. The highest BCUT2D eigenvalue weighted by Crippen LogP contribution is 2.46. The molecule has 29 heavy (non-hydrogen) atoms. The fraction of sp³-hybridized carbons (Fsp3) is 0.524. The van der Waals surface area contributed by atoms with Crippen LogP contribution in [0, 0.1) is 18.8 Å². The Balaban J connectivity index is 1.53. The van der Waals surface area contributed by atoms with Crippen molar-refractivity contribution in [3.05, 3.63) is 35.4 Å². The second kappa shape index (κ2) is 7.50. The van der Waals surface area contributed by atoms with Gasteiger partial charge in [-0.2, -0.15) is 0 Å². The zero-order valence-corrected chi connectivity index (χ0v) is 16.8. The molecule has 0 saturated carbocycles. The lowest BCUT2D eigenvalue weighted by Crippen LogP contribution is -2.43. The molecule has 0 unspecified atom stereocenters. The van der Waals surface area contributed by atoms with Crippen LogP contribution in [0.1, 0.15) is 30.5 Å². The van der Waals surface area contributed by atoms with Crippen LogP contribution in [-0.4, -0.2) is 71.2 Å². The van der Waals surface area contributed by atoms with E-state index in [2.05, 4.69) is 11.4 Å². The van der Waals surface area contributed by atoms with Crippen LogP contribution in [0.3, 0.4) is 0 Å².